The van der Waals surface area contributed by atoms with E-state index in [-0.39, 0.29) is 11.7 Å². The zero-order chi connectivity index (χ0) is 23.9. The Morgan fingerprint density at radius 3 is 2.53 bits per heavy atom. The van der Waals surface area contributed by atoms with Crippen molar-refractivity contribution in [3.05, 3.63) is 89.5 Å². The minimum atomic E-state index is -0.0756. The van der Waals surface area contributed by atoms with Crippen LogP contribution in [0.4, 0.5) is 5.69 Å². The highest BCUT2D eigenvalue weighted by Gasteiger charge is 2.18. The summed E-state index contributed by atoms with van der Waals surface area (Å²) in [6, 6.07) is 24.1. The van der Waals surface area contributed by atoms with E-state index in [0.29, 0.717) is 11.7 Å². The van der Waals surface area contributed by atoms with E-state index in [9.17, 15) is 4.79 Å². The number of aryl methyl sites for hydroxylation is 3. The van der Waals surface area contributed by atoms with Crippen LogP contribution >= 0.6 is 11.8 Å². The summed E-state index contributed by atoms with van der Waals surface area (Å²) in [7, 11) is 1.65. The minimum absolute atomic E-state index is 0.0756. The molecule has 4 rings (SSSR count). The van der Waals surface area contributed by atoms with Gasteiger partial charge in [-0.05, 0) is 49.6 Å². The van der Waals surface area contributed by atoms with Crippen molar-refractivity contribution in [1.82, 2.24) is 14.8 Å². The van der Waals surface area contributed by atoms with Crippen molar-refractivity contribution in [2.24, 2.45) is 0 Å². The van der Waals surface area contributed by atoms with Crippen LogP contribution in [0.1, 0.15) is 16.7 Å². The lowest BCUT2D eigenvalue weighted by atomic mass is 10.1. The van der Waals surface area contributed by atoms with E-state index in [2.05, 4.69) is 38.3 Å². The molecule has 0 fully saturated rings. The molecule has 0 saturated carbocycles. The first-order valence-corrected chi connectivity index (χ1v) is 12.1. The van der Waals surface area contributed by atoms with Gasteiger partial charge in [0, 0.05) is 12.2 Å². The van der Waals surface area contributed by atoms with E-state index in [0.717, 1.165) is 34.8 Å². The molecule has 174 valence electrons. The van der Waals surface area contributed by atoms with Crippen LogP contribution in [0.15, 0.2) is 78.0 Å². The van der Waals surface area contributed by atoms with E-state index in [1.54, 1.807) is 7.11 Å². The SMILES string of the molecule is COc1ccccc1-c1nnc(SCC(=O)Nc2ccc(C)cc2C)n1CCc1ccccc1. The normalized spacial score (nSPS) is 10.8. The van der Waals surface area contributed by atoms with Crippen molar-refractivity contribution in [2.45, 2.75) is 32.0 Å². The van der Waals surface area contributed by atoms with Crippen LogP contribution in [0.25, 0.3) is 11.4 Å². The molecule has 0 atom stereocenters. The van der Waals surface area contributed by atoms with Gasteiger partial charge in [0.05, 0.1) is 18.4 Å². The summed E-state index contributed by atoms with van der Waals surface area (Å²) in [6.45, 7) is 4.72. The average molecular weight is 473 g/mol. The maximum absolute atomic E-state index is 12.7. The molecule has 1 N–H and O–H groups in total. The number of aromatic nitrogens is 3. The summed E-state index contributed by atoms with van der Waals surface area (Å²) < 4.78 is 7.63. The molecule has 0 aliphatic heterocycles. The summed E-state index contributed by atoms with van der Waals surface area (Å²) in [5, 5.41) is 12.6. The maximum Gasteiger partial charge on any atom is 0.234 e. The Hall–Kier alpha value is -3.58. The highest BCUT2D eigenvalue weighted by molar-refractivity contribution is 7.99. The lowest BCUT2D eigenvalue weighted by Gasteiger charge is -2.13. The van der Waals surface area contributed by atoms with Gasteiger partial charge in [0.1, 0.15) is 5.75 Å². The molecule has 4 aromatic rings. The number of carbonyl (C=O) groups excluding carboxylic acids is 1. The minimum Gasteiger partial charge on any atom is -0.496 e. The second kappa shape index (κ2) is 11.0. The molecule has 0 unspecified atom stereocenters. The van der Waals surface area contributed by atoms with Gasteiger partial charge in [0.2, 0.25) is 5.91 Å². The third-order valence-electron chi connectivity index (χ3n) is 5.52. The van der Waals surface area contributed by atoms with Crippen molar-refractivity contribution in [2.75, 3.05) is 18.2 Å². The van der Waals surface area contributed by atoms with Crippen LogP contribution in [-0.2, 0) is 17.8 Å². The van der Waals surface area contributed by atoms with Crippen molar-refractivity contribution in [3.63, 3.8) is 0 Å². The molecule has 6 nitrogen and oxygen atoms in total. The first-order valence-electron chi connectivity index (χ1n) is 11.2. The second-order valence-corrected chi connectivity index (χ2v) is 8.99. The number of nitrogens with one attached hydrogen (secondary N) is 1. The van der Waals surface area contributed by atoms with Crippen molar-refractivity contribution in [3.8, 4) is 17.1 Å². The number of hydrogen-bond donors (Lipinski definition) is 1. The van der Waals surface area contributed by atoms with E-state index in [1.165, 1.54) is 22.9 Å². The fourth-order valence-electron chi connectivity index (χ4n) is 3.78. The van der Waals surface area contributed by atoms with Crippen LogP contribution in [0.3, 0.4) is 0 Å². The zero-order valence-electron chi connectivity index (χ0n) is 19.6. The Balaban J connectivity index is 1.55. The number of anilines is 1. The molecular formula is C27H28N4O2S. The van der Waals surface area contributed by atoms with Crippen LogP contribution in [0, 0.1) is 13.8 Å². The van der Waals surface area contributed by atoms with Gasteiger partial charge in [-0.1, -0.05) is 71.9 Å². The Labute approximate surface area is 204 Å². The molecule has 0 spiro atoms. The summed E-state index contributed by atoms with van der Waals surface area (Å²) in [5.41, 5.74) is 5.14. The fourth-order valence-corrected chi connectivity index (χ4v) is 4.55. The van der Waals surface area contributed by atoms with Gasteiger partial charge in [-0.15, -0.1) is 10.2 Å². The molecule has 34 heavy (non-hydrogen) atoms. The van der Waals surface area contributed by atoms with Gasteiger partial charge in [0.25, 0.3) is 0 Å². The molecule has 1 aromatic heterocycles. The first-order chi connectivity index (χ1) is 16.5. The lowest BCUT2D eigenvalue weighted by Crippen LogP contribution is -2.15. The Kier molecular flexibility index (Phi) is 7.65. The quantitative estimate of drug-likeness (QED) is 0.324. The average Bonchev–Trinajstić information content (AvgIpc) is 3.26. The van der Waals surface area contributed by atoms with Crippen molar-refractivity contribution in [1.29, 1.82) is 0 Å². The summed E-state index contributed by atoms with van der Waals surface area (Å²) in [4.78, 5) is 12.7. The summed E-state index contributed by atoms with van der Waals surface area (Å²) >= 11 is 1.38. The zero-order valence-corrected chi connectivity index (χ0v) is 20.4. The Morgan fingerprint density at radius 2 is 1.76 bits per heavy atom. The first kappa shape index (κ1) is 23.6. The van der Waals surface area contributed by atoms with Crippen LogP contribution in [0.5, 0.6) is 5.75 Å². The number of methoxy groups -OCH3 is 1. The molecule has 0 radical (unpaired) electrons. The second-order valence-electron chi connectivity index (χ2n) is 8.05. The van der Waals surface area contributed by atoms with Gasteiger partial charge in [0.15, 0.2) is 11.0 Å². The molecule has 0 aliphatic rings. The summed E-state index contributed by atoms with van der Waals surface area (Å²) in [5.74, 6) is 1.63. The summed E-state index contributed by atoms with van der Waals surface area (Å²) in [6.07, 6.45) is 0.823. The number of hydrogen-bond acceptors (Lipinski definition) is 5. The number of rotatable bonds is 9. The maximum atomic E-state index is 12.7. The molecule has 0 saturated heterocycles. The number of amides is 1. The van der Waals surface area contributed by atoms with Gasteiger partial charge in [-0.2, -0.15) is 0 Å². The predicted molar refractivity (Wildman–Crippen MR) is 137 cm³/mol. The Bertz CT molecular complexity index is 1270. The number of para-hydroxylation sites is 1. The molecular weight excluding hydrogens is 444 g/mol. The monoisotopic (exact) mass is 472 g/mol. The third kappa shape index (κ3) is 5.66. The molecule has 3 aromatic carbocycles. The standard InChI is InChI=1S/C27H28N4O2S/c1-19-13-14-23(20(2)17-19)28-25(32)18-34-27-30-29-26(22-11-7-8-12-24(22)33-3)31(27)16-15-21-9-5-4-6-10-21/h4-14,17H,15-16,18H2,1-3H3,(H,28,32). The smallest absolute Gasteiger partial charge is 0.234 e. The highest BCUT2D eigenvalue weighted by atomic mass is 32.2. The van der Waals surface area contributed by atoms with Crippen LogP contribution in [-0.4, -0.2) is 33.5 Å². The lowest BCUT2D eigenvalue weighted by molar-refractivity contribution is -0.113. The topological polar surface area (TPSA) is 69.0 Å². The Morgan fingerprint density at radius 1 is 1.00 bits per heavy atom. The van der Waals surface area contributed by atoms with Gasteiger partial charge < -0.3 is 14.6 Å². The molecule has 7 heteroatoms. The largest absolute Gasteiger partial charge is 0.496 e. The predicted octanol–water partition coefficient (Wildman–Crippen LogP) is 5.54. The van der Waals surface area contributed by atoms with Crippen LogP contribution in [0.2, 0.25) is 0 Å². The van der Waals surface area contributed by atoms with E-state index >= 15 is 0 Å². The third-order valence-corrected chi connectivity index (χ3v) is 6.49. The van der Waals surface area contributed by atoms with E-state index in [4.69, 9.17) is 4.74 Å². The molecule has 1 amide bonds. The van der Waals surface area contributed by atoms with E-state index < -0.39 is 0 Å². The number of carbonyl (C=O) groups is 1. The number of thioether (sulfide) groups is 1. The number of ether oxygens (including phenoxy) is 1. The molecule has 0 aliphatic carbocycles. The van der Waals surface area contributed by atoms with Crippen molar-refractivity contribution < 1.29 is 9.53 Å². The highest BCUT2D eigenvalue weighted by Crippen LogP contribution is 2.31. The molecule has 1 heterocycles. The van der Waals surface area contributed by atoms with Crippen LogP contribution < -0.4 is 10.1 Å². The fraction of sp³-hybridized carbons (Fsp3) is 0.222. The number of benzene rings is 3. The van der Waals surface area contributed by atoms with Crippen molar-refractivity contribution >= 4 is 23.4 Å². The molecule has 0 bridgehead atoms. The number of nitrogens with zero attached hydrogens (tertiary/aromatic N) is 3. The van der Waals surface area contributed by atoms with Gasteiger partial charge in [-0.25, -0.2) is 0 Å². The van der Waals surface area contributed by atoms with Gasteiger partial charge in [-0.3, -0.25) is 4.79 Å². The van der Waals surface area contributed by atoms with E-state index in [1.807, 2.05) is 68.4 Å². The van der Waals surface area contributed by atoms with Gasteiger partial charge >= 0.3 is 0 Å².